The summed E-state index contributed by atoms with van der Waals surface area (Å²) in [6, 6.07) is 0.279. The van der Waals surface area contributed by atoms with Gasteiger partial charge in [-0.05, 0) is 12.5 Å². The van der Waals surface area contributed by atoms with Crippen molar-refractivity contribution in [3.63, 3.8) is 0 Å². The molecule has 1 rings (SSSR count). The molecule has 0 aliphatic rings. The van der Waals surface area contributed by atoms with E-state index in [1.165, 1.54) is 7.11 Å². The zero-order valence-corrected chi connectivity index (χ0v) is 14.8. The van der Waals surface area contributed by atoms with Gasteiger partial charge in [-0.3, -0.25) is 9.52 Å². The lowest BCUT2D eigenvalue weighted by Gasteiger charge is -2.14. The number of nitrogens with two attached hydrogens (primary N) is 1. The molecule has 1 unspecified atom stereocenters. The number of carbonyl (C=O) groups excluding carboxylic acids is 1. The Morgan fingerprint density at radius 1 is 1.29 bits per heavy atom. The molecule has 0 aliphatic heterocycles. The van der Waals surface area contributed by atoms with E-state index in [1.807, 2.05) is 4.72 Å². The summed E-state index contributed by atoms with van der Waals surface area (Å²) in [4.78, 5) is 11.7. The highest BCUT2D eigenvalue weighted by atomic mass is 35.5. The molecule has 0 aliphatic carbocycles. The first kappa shape index (κ1) is 22.5. The number of rotatable bonds is 8. The van der Waals surface area contributed by atoms with E-state index in [4.69, 9.17) is 10.5 Å². The number of nitrogens with one attached hydrogen (secondary N) is 2. The molecule has 4 N–H and O–H groups in total. The van der Waals surface area contributed by atoms with Crippen molar-refractivity contribution in [1.82, 2.24) is 0 Å². The van der Waals surface area contributed by atoms with E-state index in [0.29, 0.717) is 12.5 Å². The summed E-state index contributed by atoms with van der Waals surface area (Å²) >= 11 is 0. The van der Waals surface area contributed by atoms with Crippen molar-refractivity contribution in [1.29, 1.82) is 0 Å². The van der Waals surface area contributed by atoms with Crippen molar-refractivity contribution in [2.75, 3.05) is 29.5 Å². The molecule has 1 amide bonds. The molecule has 0 bridgehead atoms. The number of ether oxygens (including phenoxy) is 1. The number of benzene rings is 1. The van der Waals surface area contributed by atoms with Crippen molar-refractivity contribution < 1.29 is 26.7 Å². The first-order chi connectivity index (χ1) is 10.7. The molecule has 0 radical (unpaired) electrons. The summed E-state index contributed by atoms with van der Waals surface area (Å²) in [5.41, 5.74) is 4.64. The second-order valence-electron chi connectivity index (χ2n) is 4.78. The number of hydrogen-bond donors (Lipinski definition) is 3. The van der Waals surface area contributed by atoms with Gasteiger partial charge in [0.05, 0.1) is 23.7 Å². The van der Waals surface area contributed by atoms with Crippen LogP contribution in [0, 0.1) is 11.6 Å². The van der Waals surface area contributed by atoms with Crippen molar-refractivity contribution in [2.45, 2.75) is 19.4 Å². The number of halogens is 3. The Morgan fingerprint density at radius 2 is 1.88 bits per heavy atom. The van der Waals surface area contributed by atoms with E-state index in [9.17, 15) is 22.0 Å². The smallest absolute Gasteiger partial charge is 0.243 e. The molecular formula is C13H20ClF2N3O4S. The molecule has 0 saturated carbocycles. The summed E-state index contributed by atoms with van der Waals surface area (Å²) < 4.78 is 57.5. The van der Waals surface area contributed by atoms with Gasteiger partial charge in [-0.25, -0.2) is 17.2 Å². The summed E-state index contributed by atoms with van der Waals surface area (Å²) in [6.45, 7) is 1.55. The number of amides is 1. The van der Waals surface area contributed by atoms with Crippen LogP contribution in [0.4, 0.5) is 20.2 Å². The van der Waals surface area contributed by atoms with Crippen LogP contribution in [0.15, 0.2) is 12.1 Å². The van der Waals surface area contributed by atoms with E-state index < -0.39 is 45.0 Å². The van der Waals surface area contributed by atoms with Gasteiger partial charge in [-0.1, -0.05) is 6.92 Å². The Balaban J connectivity index is 0.00000529. The van der Waals surface area contributed by atoms with E-state index >= 15 is 0 Å². The lowest BCUT2D eigenvalue weighted by molar-refractivity contribution is -0.118. The van der Waals surface area contributed by atoms with Crippen molar-refractivity contribution in [3.05, 3.63) is 23.8 Å². The van der Waals surface area contributed by atoms with Crippen LogP contribution < -0.4 is 15.8 Å². The average Bonchev–Trinajstić information content (AvgIpc) is 2.43. The van der Waals surface area contributed by atoms with Gasteiger partial charge < -0.3 is 15.8 Å². The molecule has 0 fully saturated rings. The van der Waals surface area contributed by atoms with E-state index in [0.717, 1.165) is 6.07 Å². The van der Waals surface area contributed by atoms with Gasteiger partial charge in [0.25, 0.3) is 0 Å². The van der Waals surface area contributed by atoms with Gasteiger partial charge >= 0.3 is 0 Å². The van der Waals surface area contributed by atoms with Crippen LogP contribution in [0.3, 0.4) is 0 Å². The predicted octanol–water partition coefficient (Wildman–Crippen LogP) is 1.45. The highest BCUT2D eigenvalue weighted by Gasteiger charge is 2.19. The Kier molecular flexibility index (Phi) is 9.12. The summed E-state index contributed by atoms with van der Waals surface area (Å²) in [6.07, 6.45) is 0.327. The van der Waals surface area contributed by atoms with Crippen LogP contribution in [-0.2, 0) is 19.6 Å². The first-order valence-corrected chi connectivity index (χ1v) is 8.40. The number of methoxy groups -OCH3 is 1. The van der Waals surface area contributed by atoms with E-state index in [2.05, 4.69) is 5.32 Å². The summed E-state index contributed by atoms with van der Waals surface area (Å²) in [5, 5.41) is 2.16. The van der Waals surface area contributed by atoms with Crippen LogP contribution in [0.2, 0.25) is 0 Å². The van der Waals surface area contributed by atoms with Gasteiger partial charge in [0.2, 0.25) is 15.9 Å². The lowest BCUT2D eigenvalue weighted by atomic mass is 10.2. The number of carbonyl (C=O) groups is 1. The molecule has 1 atom stereocenters. The molecule has 24 heavy (non-hydrogen) atoms. The van der Waals surface area contributed by atoms with Gasteiger partial charge in [0, 0.05) is 13.2 Å². The first-order valence-electron chi connectivity index (χ1n) is 6.75. The Morgan fingerprint density at radius 3 is 2.42 bits per heavy atom. The highest BCUT2D eigenvalue weighted by molar-refractivity contribution is 7.92. The molecule has 138 valence electrons. The molecule has 11 heteroatoms. The van der Waals surface area contributed by atoms with Crippen molar-refractivity contribution in [2.24, 2.45) is 5.73 Å². The number of sulfonamides is 1. The molecule has 7 nitrogen and oxygen atoms in total. The minimum Gasteiger partial charge on any atom is -0.383 e. The number of anilines is 2. The van der Waals surface area contributed by atoms with Crippen LogP contribution in [0.1, 0.15) is 13.3 Å². The summed E-state index contributed by atoms with van der Waals surface area (Å²) in [5.74, 6) is -3.12. The van der Waals surface area contributed by atoms with Gasteiger partial charge in [0.1, 0.15) is 17.7 Å². The second-order valence-corrected chi connectivity index (χ2v) is 6.63. The third kappa shape index (κ3) is 6.56. The number of hydrogen-bond acceptors (Lipinski definition) is 5. The third-order valence-corrected chi connectivity index (χ3v) is 4.21. The monoisotopic (exact) mass is 387 g/mol. The second kappa shape index (κ2) is 9.72. The highest BCUT2D eigenvalue weighted by Crippen LogP contribution is 2.24. The van der Waals surface area contributed by atoms with Crippen LogP contribution in [0.25, 0.3) is 0 Å². The maximum Gasteiger partial charge on any atom is 0.243 e. The average molecular weight is 388 g/mol. The zero-order chi connectivity index (χ0) is 17.6. The van der Waals surface area contributed by atoms with Crippen molar-refractivity contribution in [3.8, 4) is 0 Å². The standard InChI is InChI=1S/C13H19F2N3O4S.ClH/c1-3-4-23(20,21)18-12-6-11(8(14)5-9(12)15)17-13(19)10(16)7-22-2;/h5-6,10,18H,3-4,7,16H2,1-2H3,(H,17,19);1H. The van der Waals surface area contributed by atoms with Gasteiger partial charge in [-0.15, -0.1) is 12.4 Å². The fourth-order valence-electron chi connectivity index (χ4n) is 1.69. The largest absolute Gasteiger partial charge is 0.383 e. The molecular weight excluding hydrogens is 368 g/mol. The minimum atomic E-state index is -3.76. The van der Waals surface area contributed by atoms with Crippen LogP contribution in [0.5, 0.6) is 0 Å². The maximum atomic E-state index is 13.7. The Bertz CT molecular complexity index is 673. The quantitative estimate of drug-likeness (QED) is 0.625. The van der Waals surface area contributed by atoms with Gasteiger partial charge in [-0.2, -0.15) is 0 Å². The molecule has 0 heterocycles. The predicted molar refractivity (Wildman–Crippen MR) is 89.8 cm³/mol. The zero-order valence-electron chi connectivity index (χ0n) is 13.1. The third-order valence-electron chi connectivity index (χ3n) is 2.74. The Hall–Kier alpha value is -1.49. The van der Waals surface area contributed by atoms with Crippen LogP contribution in [-0.4, -0.2) is 39.8 Å². The molecule has 1 aromatic rings. The van der Waals surface area contributed by atoms with Crippen LogP contribution >= 0.6 is 12.4 Å². The molecule has 0 aromatic heterocycles. The fraction of sp³-hybridized carbons (Fsp3) is 0.462. The molecule has 0 spiro atoms. The summed E-state index contributed by atoms with van der Waals surface area (Å²) in [7, 11) is -2.42. The maximum absolute atomic E-state index is 13.7. The van der Waals surface area contributed by atoms with Crippen molar-refractivity contribution >= 4 is 39.7 Å². The molecule has 0 saturated heterocycles. The topological polar surface area (TPSA) is 111 Å². The Labute approximate surface area is 145 Å². The van der Waals surface area contributed by atoms with E-state index in [-0.39, 0.29) is 24.8 Å². The van der Waals surface area contributed by atoms with E-state index in [1.54, 1.807) is 6.92 Å². The lowest BCUT2D eigenvalue weighted by Crippen LogP contribution is -2.39. The normalized spacial score (nSPS) is 12.2. The van der Waals surface area contributed by atoms with Gasteiger partial charge in [0.15, 0.2) is 0 Å². The molecule has 1 aromatic carbocycles. The SMILES string of the molecule is CCCS(=O)(=O)Nc1cc(NC(=O)C(N)COC)c(F)cc1F.Cl. The fourth-order valence-corrected chi connectivity index (χ4v) is 2.82. The minimum absolute atomic E-state index is 0.